The molecule has 2 heterocycles. The normalized spacial score (nSPS) is 20.0. The van der Waals surface area contributed by atoms with Gasteiger partial charge in [-0.2, -0.15) is 0 Å². The van der Waals surface area contributed by atoms with Crippen molar-refractivity contribution in [3.8, 4) is 16.9 Å². The Bertz CT molecular complexity index is 878. The number of ether oxygens (including phenoxy) is 2. The second-order valence-electron chi connectivity index (χ2n) is 8.54. The predicted molar refractivity (Wildman–Crippen MR) is 115 cm³/mol. The molecule has 4 rings (SSSR count). The summed E-state index contributed by atoms with van der Waals surface area (Å²) in [5.74, 6) is 1.51. The smallest absolute Gasteiger partial charge is 0.232 e. The van der Waals surface area contributed by atoms with Crippen molar-refractivity contribution < 1.29 is 18.8 Å². The minimum absolute atomic E-state index is 0.00846. The van der Waals surface area contributed by atoms with Gasteiger partial charge in [-0.15, -0.1) is 0 Å². The lowest BCUT2D eigenvalue weighted by Gasteiger charge is -2.24. The number of nitrogens with one attached hydrogen (secondary N) is 2. The van der Waals surface area contributed by atoms with E-state index in [4.69, 9.17) is 14.0 Å². The number of benzene rings is 1. The lowest BCUT2D eigenvalue weighted by atomic mass is 10.0. The van der Waals surface area contributed by atoms with Crippen molar-refractivity contribution in [2.45, 2.75) is 52.0 Å². The Kier molecular flexibility index (Phi) is 6.11. The number of hydrogen-bond donors (Lipinski definition) is 2. The molecule has 1 atom stereocenters. The van der Waals surface area contributed by atoms with Crippen LogP contribution in [-0.4, -0.2) is 44.0 Å². The van der Waals surface area contributed by atoms with Gasteiger partial charge in [0.05, 0.1) is 23.3 Å². The van der Waals surface area contributed by atoms with Gasteiger partial charge in [0.1, 0.15) is 18.1 Å². The molecule has 2 aromatic rings. The van der Waals surface area contributed by atoms with Crippen LogP contribution in [0.25, 0.3) is 11.1 Å². The van der Waals surface area contributed by atoms with Gasteiger partial charge in [-0.3, -0.25) is 4.79 Å². The molecule has 0 bridgehead atoms. The number of anilines is 1. The molecular formula is C23H31N3O4. The lowest BCUT2D eigenvalue weighted by Crippen LogP contribution is -2.38. The van der Waals surface area contributed by atoms with E-state index in [0.717, 1.165) is 59.8 Å². The number of aryl methyl sites for hydroxylation is 2. The molecule has 0 radical (unpaired) electrons. The van der Waals surface area contributed by atoms with Gasteiger partial charge in [0.25, 0.3) is 0 Å². The Morgan fingerprint density at radius 2 is 2.17 bits per heavy atom. The minimum atomic E-state index is -0.389. The molecule has 7 nitrogen and oxygen atoms in total. The summed E-state index contributed by atoms with van der Waals surface area (Å²) in [4.78, 5) is 12.8. The van der Waals surface area contributed by atoms with Gasteiger partial charge in [0.2, 0.25) is 5.91 Å². The Balaban J connectivity index is 1.58. The number of carbonyl (C=O) groups excluding carboxylic acids is 1. The van der Waals surface area contributed by atoms with E-state index in [0.29, 0.717) is 19.3 Å². The third-order valence-corrected chi connectivity index (χ3v) is 6.15. The summed E-state index contributed by atoms with van der Waals surface area (Å²) >= 11 is 0. The summed E-state index contributed by atoms with van der Waals surface area (Å²) in [5, 5.41) is 10.7. The summed E-state index contributed by atoms with van der Waals surface area (Å²) in [6.45, 7) is 5.91. The minimum Gasteiger partial charge on any atom is -0.491 e. The predicted octanol–water partition coefficient (Wildman–Crippen LogP) is 3.84. The highest BCUT2D eigenvalue weighted by molar-refractivity contribution is 5.98. The molecule has 1 saturated carbocycles. The lowest BCUT2D eigenvalue weighted by molar-refractivity contribution is -0.122. The van der Waals surface area contributed by atoms with E-state index in [1.54, 1.807) is 7.11 Å². The summed E-state index contributed by atoms with van der Waals surface area (Å²) < 4.78 is 16.9. The zero-order valence-corrected chi connectivity index (χ0v) is 18.0. The number of carbonyl (C=O) groups is 1. The van der Waals surface area contributed by atoms with Gasteiger partial charge in [0.15, 0.2) is 0 Å². The zero-order valence-electron chi connectivity index (χ0n) is 18.0. The van der Waals surface area contributed by atoms with E-state index in [1.807, 2.05) is 32.0 Å². The Morgan fingerprint density at radius 3 is 2.80 bits per heavy atom. The fourth-order valence-corrected chi connectivity index (χ4v) is 4.18. The number of rotatable bonds is 8. The largest absolute Gasteiger partial charge is 0.491 e. The SMILES string of the molecule is COCC1(C(=O)Nc2ccc(OCC3CCCCN3)c(-c3c(C)noc3C)c2)CC1. The maximum absolute atomic E-state index is 12.8. The standard InChI is InChI=1S/C23H31N3O4/c1-15-21(16(2)30-26-15)19-12-17(25-22(27)23(9-10-23)14-28-3)7-8-20(19)29-13-18-6-4-5-11-24-18/h7-8,12,18,24H,4-6,9-11,13-14H2,1-3H3,(H,25,27). The van der Waals surface area contributed by atoms with Crippen molar-refractivity contribution in [1.29, 1.82) is 0 Å². The van der Waals surface area contributed by atoms with Crippen LogP contribution in [0.2, 0.25) is 0 Å². The molecule has 0 spiro atoms. The van der Waals surface area contributed by atoms with Crippen molar-refractivity contribution >= 4 is 11.6 Å². The molecule has 1 amide bonds. The molecule has 162 valence electrons. The molecule has 7 heteroatoms. The third kappa shape index (κ3) is 4.37. The molecule has 1 aromatic heterocycles. The van der Waals surface area contributed by atoms with E-state index in [9.17, 15) is 4.79 Å². The maximum atomic E-state index is 12.8. The monoisotopic (exact) mass is 413 g/mol. The van der Waals surface area contributed by atoms with Crippen LogP contribution in [-0.2, 0) is 9.53 Å². The number of hydrogen-bond acceptors (Lipinski definition) is 6. The molecule has 2 fully saturated rings. The van der Waals surface area contributed by atoms with Crippen molar-refractivity contribution in [1.82, 2.24) is 10.5 Å². The van der Waals surface area contributed by atoms with Gasteiger partial charge in [-0.1, -0.05) is 11.6 Å². The molecule has 1 saturated heterocycles. The van der Waals surface area contributed by atoms with Crippen LogP contribution in [0.15, 0.2) is 22.7 Å². The van der Waals surface area contributed by atoms with Crippen molar-refractivity contribution in [3.05, 3.63) is 29.7 Å². The molecule has 30 heavy (non-hydrogen) atoms. The van der Waals surface area contributed by atoms with Crippen molar-refractivity contribution in [3.63, 3.8) is 0 Å². The first-order valence-corrected chi connectivity index (χ1v) is 10.8. The van der Waals surface area contributed by atoms with Crippen LogP contribution in [0.4, 0.5) is 5.69 Å². The highest BCUT2D eigenvalue weighted by Gasteiger charge is 2.49. The number of aromatic nitrogens is 1. The molecule has 1 aliphatic heterocycles. The fraction of sp³-hybridized carbons (Fsp3) is 0.565. The molecule has 2 N–H and O–H groups in total. The van der Waals surface area contributed by atoms with E-state index in [2.05, 4.69) is 15.8 Å². The third-order valence-electron chi connectivity index (χ3n) is 6.15. The summed E-state index contributed by atoms with van der Waals surface area (Å²) in [6, 6.07) is 6.14. The van der Waals surface area contributed by atoms with Gasteiger partial charge >= 0.3 is 0 Å². The zero-order chi connectivity index (χ0) is 21.1. The van der Waals surface area contributed by atoms with Crippen molar-refractivity contribution in [2.24, 2.45) is 5.41 Å². The molecule has 1 aliphatic carbocycles. The number of methoxy groups -OCH3 is 1. The van der Waals surface area contributed by atoms with Crippen LogP contribution in [0, 0.1) is 19.3 Å². The van der Waals surface area contributed by atoms with E-state index in [-0.39, 0.29) is 11.3 Å². The first kappa shape index (κ1) is 20.9. The highest BCUT2D eigenvalue weighted by Crippen LogP contribution is 2.47. The number of piperidine rings is 1. The second kappa shape index (κ2) is 8.78. The quantitative estimate of drug-likeness (QED) is 0.684. The molecule has 1 aromatic carbocycles. The van der Waals surface area contributed by atoms with Crippen LogP contribution < -0.4 is 15.4 Å². The molecular weight excluding hydrogens is 382 g/mol. The average Bonchev–Trinajstić information content (AvgIpc) is 3.46. The van der Waals surface area contributed by atoms with Crippen LogP contribution in [0.5, 0.6) is 5.75 Å². The Labute approximate surface area is 177 Å². The first-order valence-electron chi connectivity index (χ1n) is 10.8. The van der Waals surface area contributed by atoms with Crippen LogP contribution >= 0.6 is 0 Å². The van der Waals surface area contributed by atoms with Gasteiger partial charge < -0.3 is 24.6 Å². The first-order chi connectivity index (χ1) is 14.5. The van der Waals surface area contributed by atoms with E-state index >= 15 is 0 Å². The van der Waals surface area contributed by atoms with E-state index in [1.165, 1.54) is 12.8 Å². The van der Waals surface area contributed by atoms with Gasteiger partial charge in [-0.25, -0.2) is 0 Å². The molecule has 1 unspecified atom stereocenters. The molecule has 2 aliphatic rings. The van der Waals surface area contributed by atoms with Gasteiger partial charge in [-0.05, 0) is 64.3 Å². The summed E-state index contributed by atoms with van der Waals surface area (Å²) in [7, 11) is 1.64. The Morgan fingerprint density at radius 1 is 1.33 bits per heavy atom. The number of nitrogens with zero attached hydrogens (tertiary/aromatic N) is 1. The maximum Gasteiger partial charge on any atom is 0.232 e. The summed E-state index contributed by atoms with van der Waals surface area (Å²) in [5.41, 5.74) is 2.95. The Hall–Kier alpha value is -2.38. The highest BCUT2D eigenvalue weighted by atomic mass is 16.5. The fourth-order valence-electron chi connectivity index (χ4n) is 4.18. The van der Waals surface area contributed by atoms with Gasteiger partial charge in [0, 0.05) is 24.4 Å². The summed E-state index contributed by atoms with van der Waals surface area (Å²) in [6.07, 6.45) is 5.29. The number of amides is 1. The van der Waals surface area contributed by atoms with Crippen LogP contribution in [0.3, 0.4) is 0 Å². The van der Waals surface area contributed by atoms with Crippen LogP contribution in [0.1, 0.15) is 43.6 Å². The second-order valence-corrected chi connectivity index (χ2v) is 8.54. The van der Waals surface area contributed by atoms with E-state index < -0.39 is 0 Å². The van der Waals surface area contributed by atoms with Crippen molar-refractivity contribution in [2.75, 3.05) is 32.2 Å². The average molecular weight is 414 g/mol. The topological polar surface area (TPSA) is 85.6 Å².